The van der Waals surface area contributed by atoms with Crippen molar-refractivity contribution < 1.29 is 9.53 Å². The Balaban J connectivity index is 1.30. The minimum Gasteiger partial charge on any atom is -0.497 e. The topological polar surface area (TPSA) is 45.7 Å². The first kappa shape index (κ1) is 20.5. The zero-order chi connectivity index (χ0) is 21.2. The highest BCUT2D eigenvalue weighted by Crippen LogP contribution is 2.37. The third-order valence-corrected chi connectivity index (χ3v) is 7.34. The van der Waals surface area contributed by atoms with E-state index in [4.69, 9.17) is 9.72 Å². The Bertz CT molecular complexity index is 921. The van der Waals surface area contributed by atoms with Gasteiger partial charge in [-0.2, -0.15) is 0 Å². The third-order valence-electron chi connectivity index (χ3n) is 7.34. The summed E-state index contributed by atoms with van der Waals surface area (Å²) < 4.78 is 5.23. The molecule has 1 saturated carbocycles. The Kier molecular flexibility index (Phi) is 5.95. The Labute approximate surface area is 185 Å². The Morgan fingerprint density at radius 2 is 1.77 bits per heavy atom. The van der Waals surface area contributed by atoms with Gasteiger partial charge >= 0.3 is 0 Å². The fourth-order valence-corrected chi connectivity index (χ4v) is 5.66. The van der Waals surface area contributed by atoms with Crippen LogP contribution in [0.4, 0.5) is 0 Å². The highest BCUT2D eigenvalue weighted by molar-refractivity contribution is 5.96. The van der Waals surface area contributed by atoms with E-state index in [1.807, 2.05) is 35.2 Å². The van der Waals surface area contributed by atoms with E-state index in [1.54, 1.807) is 7.11 Å². The molecule has 5 nitrogen and oxygen atoms in total. The SMILES string of the molecule is COc1ccc(CN2CCc3nc([C@H]4CCCN4C4CCCCC4)ccc3C2=O)cc1. The molecule has 1 amide bonds. The number of pyridine rings is 1. The minimum atomic E-state index is 0.103. The molecule has 2 aliphatic heterocycles. The van der Waals surface area contributed by atoms with Crippen LogP contribution in [0.3, 0.4) is 0 Å². The Morgan fingerprint density at radius 3 is 2.55 bits per heavy atom. The molecular formula is C26H33N3O2. The second-order valence-corrected chi connectivity index (χ2v) is 9.24. The first-order chi connectivity index (χ1) is 15.2. The van der Waals surface area contributed by atoms with Gasteiger partial charge in [-0.3, -0.25) is 14.7 Å². The number of fused-ring (bicyclic) bond motifs is 1. The number of aromatic nitrogens is 1. The van der Waals surface area contributed by atoms with Crippen molar-refractivity contribution in [2.24, 2.45) is 0 Å². The standard InChI is InChI=1S/C26H33N3O2/c1-31-21-11-9-19(10-12-21)18-28-17-15-23-22(26(28)30)13-14-24(27-23)25-8-5-16-29(25)20-6-3-2-4-7-20/h9-14,20,25H,2-8,15-18H2,1H3/t25-/m1/s1. The van der Waals surface area contributed by atoms with Crippen LogP contribution in [0, 0.1) is 0 Å². The molecule has 2 aromatic rings. The number of amides is 1. The van der Waals surface area contributed by atoms with Crippen LogP contribution in [-0.4, -0.2) is 46.9 Å². The number of methoxy groups -OCH3 is 1. The first-order valence-corrected chi connectivity index (χ1v) is 11.9. The van der Waals surface area contributed by atoms with Crippen molar-refractivity contribution in [1.82, 2.24) is 14.8 Å². The molecule has 0 bridgehead atoms. The zero-order valence-corrected chi connectivity index (χ0v) is 18.6. The molecule has 0 spiro atoms. The summed E-state index contributed by atoms with van der Waals surface area (Å²) in [5.74, 6) is 0.941. The lowest BCUT2D eigenvalue weighted by atomic mass is 9.93. The van der Waals surface area contributed by atoms with Crippen molar-refractivity contribution in [3.05, 3.63) is 58.9 Å². The Hall–Kier alpha value is -2.40. The largest absolute Gasteiger partial charge is 0.497 e. The zero-order valence-electron chi connectivity index (χ0n) is 18.6. The fourth-order valence-electron chi connectivity index (χ4n) is 5.66. The molecule has 3 aliphatic rings. The second-order valence-electron chi connectivity index (χ2n) is 9.24. The minimum absolute atomic E-state index is 0.103. The number of nitrogens with zero attached hydrogens (tertiary/aromatic N) is 3. The number of likely N-dealkylation sites (tertiary alicyclic amines) is 1. The molecule has 164 valence electrons. The molecule has 1 aromatic carbocycles. The molecular weight excluding hydrogens is 386 g/mol. The highest BCUT2D eigenvalue weighted by atomic mass is 16.5. The lowest BCUT2D eigenvalue weighted by Crippen LogP contribution is -2.38. The van der Waals surface area contributed by atoms with E-state index in [0.29, 0.717) is 12.6 Å². The van der Waals surface area contributed by atoms with E-state index in [1.165, 1.54) is 57.2 Å². The van der Waals surface area contributed by atoms with E-state index >= 15 is 0 Å². The average molecular weight is 420 g/mol. The van der Waals surface area contributed by atoms with Gasteiger partial charge in [0.15, 0.2) is 0 Å². The van der Waals surface area contributed by atoms with Gasteiger partial charge in [0.2, 0.25) is 0 Å². The van der Waals surface area contributed by atoms with Crippen LogP contribution in [0.25, 0.3) is 0 Å². The van der Waals surface area contributed by atoms with Crippen LogP contribution >= 0.6 is 0 Å². The molecule has 31 heavy (non-hydrogen) atoms. The summed E-state index contributed by atoms with van der Waals surface area (Å²) in [6, 6.07) is 13.3. The van der Waals surface area contributed by atoms with Gasteiger partial charge in [0.25, 0.3) is 5.91 Å². The molecule has 5 heteroatoms. The summed E-state index contributed by atoms with van der Waals surface area (Å²) >= 11 is 0. The maximum absolute atomic E-state index is 13.1. The van der Waals surface area contributed by atoms with Crippen LogP contribution in [0.1, 0.15) is 78.3 Å². The molecule has 0 N–H and O–H groups in total. The number of carbonyl (C=O) groups excluding carboxylic acids is 1. The highest BCUT2D eigenvalue weighted by Gasteiger charge is 2.34. The van der Waals surface area contributed by atoms with E-state index in [9.17, 15) is 4.79 Å². The van der Waals surface area contributed by atoms with Gasteiger partial charge in [0.1, 0.15) is 5.75 Å². The average Bonchev–Trinajstić information content (AvgIpc) is 3.32. The van der Waals surface area contributed by atoms with Gasteiger partial charge in [-0.05, 0) is 62.1 Å². The van der Waals surface area contributed by atoms with Gasteiger partial charge in [0, 0.05) is 25.6 Å². The number of ether oxygens (including phenoxy) is 1. The van der Waals surface area contributed by atoms with Crippen molar-refractivity contribution in [2.75, 3.05) is 20.2 Å². The van der Waals surface area contributed by atoms with Crippen molar-refractivity contribution in [3.63, 3.8) is 0 Å². The van der Waals surface area contributed by atoms with E-state index in [0.717, 1.165) is 41.6 Å². The maximum atomic E-state index is 13.1. The molecule has 2 fully saturated rings. The molecule has 1 aliphatic carbocycles. The number of benzene rings is 1. The Morgan fingerprint density at radius 1 is 0.968 bits per heavy atom. The monoisotopic (exact) mass is 419 g/mol. The summed E-state index contributed by atoms with van der Waals surface area (Å²) in [6.07, 6.45) is 10.1. The number of rotatable bonds is 5. The lowest BCUT2D eigenvalue weighted by Gasteiger charge is -2.36. The molecule has 0 unspecified atom stereocenters. The van der Waals surface area contributed by atoms with Gasteiger partial charge in [0.05, 0.1) is 30.1 Å². The molecule has 0 radical (unpaired) electrons. The smallest absolute Gasteiger partial charge is 0.256 e. The quantitative estimate of drug-likeness (QED) is 0.701. The molecule has 1 saturated heterocycles. The van der Waals surface area contributed by atoms with Crippen LogP contribution in [0.5, 0.6) is 5.75 Å². The number of hydrogen-bond donors (Lipinski definition) is 0. The van der Waals surface area contributed by atoms with E-state index in [2.05, 4.69) is 11.0 Å². The second kappa shape index (κ2) is 8.99. The van der Waals surface area contributed by atoms with Crippen molar-refractivity contribution >= 4 is 5.91 Å². The molecule has 5 rings (SSSR count). The molecule has 1 atom stereocenters. The van der Waals surface area contributed by atoms with Crippen molar-refractivity contribution in [2.45, 2.75) is 70.0 Å². The van der Waals surface area contributed by atoms with Gasteiger partial charge in [-0.1, -0.05) is 31.4 Å². The van der Waals surface area contributed by atoms with E-state index in [-0.39, 0.29) is 5.91 Å². The van der Waals surface area contributed by atoms with Crippen molar-refractivity contribution in [1.29, 1.82) is 0 Å². The predicted molar refractivity (Wildman–Crippen MR) is 121 cm³/mol. The van der Waals surface area contributed by atoms with Gasteiger partial charge < -0.3 is 9.64 Å². The lowest BCUT2D eigenvalue weighted by molar-refractivity contribution is 0.0724. The maximum Gasteiger partial charge on any atom is 0.256 e. The summed E-state index contributed by atoms with van der Waals surface area (Å²) in [5, 5.41) is 0. The molecule has 3 heterocycles. The van der Waals surface area contributed by atoms with Crippen LogP contribution in [-0.2, 0) is 13.0 Å². The summed E-state index contributed by atoms with van der Waals surface area (Å²) in [5.41, 5.74) is 4.07. The summed E-state index contributed by atoms with van der Waals surface area (Å²) in [6.45, 7) is 2.55. The van der Waals surface area contributed by atoms with Crippen LogP contribution < -0.4 is 4.74 Å². The molecule has 1 aromatic heterocycles. The number of hydrogen-bond acceptors (Lipinski definition) is 4. The van der Waals surface area contributed by atoms with Crippen LogP contribution in [0.15, 0.2) is 36.4 Å². The van der Waals surface area contributed by atoms with Gasteiger partial charge in [-0.25, -0.2) is 0 Å². The normalized spacial score (nSPS) is 22.5. The van der Waals surface area contributed by atoms with Crippen LogP contribution in [0.2, 0.25) is 0 Å². The fraction of sp³-hybridized carbons (Fsp3) is 0.538. The number of carbonyl (C=O) groups is 1. The third kappa shape index (κ3) is 4.20. The predicted octanol–water partition coefficient (Wildman–Crippen LogP) is 4.76. The summed E-state index contributed by atoms with van der Waals surface area (Å²) in [4.78, 5) is 22.8. The van der Waals surface area contributed by atoms with Gasteiger partial charge in [-0.15, -0.1) is 0 Å². The first-order valence-electron chi connectivity index (χ1n) is 11.9. The summed E-state index contributed by atoms with van der Waals surface area (Å²) in [7, 11) is 1.67. The van der Waals surface area contributed by atoms with E-state index < -0.39 is 0 Å². The van der Waals surface area contributed by atoms with Crippen molar-refractivity contribution in [3.8, 4) is 5.75 Å².